The number of carbonyl (C=O) groups excluding carboxylic acids is 2. The molecule has 0 heterocycles. The second kappa shape index (κ2) is 7.30. The number of nitrogens with zero attached hydrogens (tertiary/aromatic N) is 1. The Hall–Kier alpha value is -1.06. The molecule has 98 valence electrons. The van der Waals surface area contributed by atoms with Crippen LogP contribution in [0.1, 0.15) is 44.9 Å². The molecule has 4 nitrogen and oxygen atoms in total. The molecule has 1 amide bonds. The fourth-order valence-electron chi connectivity index (χ4n) is 2.35. The number of hydrogen-bond donors (Lipinski definition) is 0. The second-order valence-electron chi connectivity index (χ2n) is 4.81. The zero-order chi connectivity index (χ0) is 12.7. The lowest BCUT2D eigenvalue weighted by Crippen LogP contribution is -2.37. The number of amides is 1. The lowest BCUT2D eigenvalue weighted by atomic mass is 9.90. The molecule has 1 aliphatic carbocycles. The van der Waals surface area contributed by atoms with Crippen molar-refractivity contribution < 1.29 is 14.3 Å². The van der Waals surface area contributed by atoms with Gasteiger partial charge in [0.2, 0.25) is 5.91 Å². The molecule has 1 fully saturated rings. The van der Waals surface area contributed by atoms with E-state index in [9.17, 15) is 9.59 Å². The average Bonchev–Trinajstić information content (AvgIpc) is 2.27. The Bertz CT molecular complexity index is 257. The van der Waals surface area contributed by atoms with Gasteiger partial charge in [-0.2, -0.15) is 0 Å². The van der Waals surface area contributed by atoms with Crippen LogP contribution < -0.4 is 0 Å². The normalized spacial score (nSPS) is 18.0. The van der Waals surface area contributed by atoms with Crippen LogP contribution in [0.5, 0.6) is 0 Å². The van der Waals surface area contributed by atoms with Crippen molar-refractivity contribution in [3.8, 4) is 0 Å². The van der Waals surface area contributed by atoms with Gasteiger partial charge in [-0.1, -0.05) is 32.1 Å². The Morgan fingerprint density at radius 2 is 1.65 bits per heavy atom. The summed E-state index contributed by atoms with van der Waals surface area (Å²) in [5, 5.41) is 0. The molecule has 0 aromatic rings. The summed E-state index contributed by atoms with van der Waals surface area (Å²) in [7, 11) is 3.02. The number of esters is 1. The molecule has 0 aliphatic heterocycles. The lowest BCUT2D eigenvalue weighted by molar-refractivity contribution is -0.147. The van der Waals surface area contributed by atoms with Crippen LogP contribution in [0.25, 0.3) is 0 Å². The zero-order valence-corrected chi connectivity index (χ0v) is 10.9. The SMILES string of the molecule is COC(=O)CN(C)C(=O)C1CCCCCCC1. The monoisotopic (exact) mass is 241 g/mol. The number of hydrogen-bond acceptors (Lipinski definition) is 3. The highest BCUT2D eigenvalue weighted by molar-refractivity contribution is 5.83. The van der Waals surface area contributed by atoms with Gasteiger partial charge in [-0.15, -0.1) is 0 Å². The van der Waals surface area contributed by atoms with Crippen LogP contribution in [0, 0.1) is 5.92 Å². The summed E-state index contributed by atoms with van der Waals surface area (Å²) in [6.45, 7) is 0.0613. The third kappa shape index (κ3) is 4.75. The molecule has 0 radical (unpaired) electrons. The van der Waals surface area contributed by atoms with Gasteiger partial charge in [0.25, 0.3) is 0 Å². The van der Waals surface area contributed by atoms with Crippen molar-refractivity contribution in [1.82, 2.24) is 4.90 Å². The Morgan fingerprint density at radius 3 is 2.18 bits per heavy atom. The van der Waals surface area contributed by atoms with Gasteiger partial charge in [0.15, 0.2) is 0 Å². The van der Waals surface area contributed by atoms with E-state index in [1.165, 1.54) is 31.3 Å². The van der Waals surface area contributed by atoms with Crippen LogP contribution in [-0.2, 0) is 14.3 Å². The first-order valence-electron chi connectivity index (χ1n) is 6.47. The van der Waals surface area contributed by atoms with Crippen molar-refractivity contribution in [1.29, 1.82) is 0 Å². The molecular formula is C13H23NO3. The molecule has 1 aliphatic rings. The molecule has 0 unspecified atom stereocenters. The summed E-state index contributed by atoms with van der Waals surface area (Å²) in [6.07, 6.45) is 7.92. The third-order valence-electron chi connectivity index (χ3n) is 3.42. The van der Waals surface area contributed by atoms with E-state index in [2.05, 4.69) is 4.74 Å². The molecule has 0 aromatic carbocycles. The maximum atomic E-state index is 12.1. The Morgan fingerprint density at radius 1 is 1.12 bits per heavy atom. The summed E-state index contributed by atoms with van der Waals surface area (Å²) in [5.74, 6) is -0.158. The molecule has 1 saturated carbocycles. The quantitative estimate of drug-likeness (QED) is 0.710. The summed E-state index contributed by atoms with van der Waals surface area (Å²) in [5.41, 5.74) is 0. The molecule has 0 spiro atoms. The van der Waals surface area contributed by atoms with Gasteiger partial charge in [0.05, 0.1) is 7.11 Å². The Balaban J connectivity index is 2.45. The maximum absolute atomic E-state index is 12.1. The minimum absolute atomic E-state index is 0.0613. The molecule has 0 bridgehead atoms. The predicted molar refractivity (Wildman–Crippen MR) is 65.5 cm³/mol. The first kappa shape index (κ1) is 14.0. The minimum Gasteiger partial charge on any atom is -0.468 e. The van der Waals surface area contributed by atoms with Gasteiger partial charge in [-0.25, -0.2) is 0 Å². The van der Waals surface area contributed by atoms with Crippen LogP contribution in [-0.4, -0.2) is 37.5 Å². The molecule has 17 heavy (non-hydrogen) atoms. The molecule has 0 saturated heterocycles. The number of ether oxygens (including phenoxy) is 1. The van der Waals surface area contributed by atoms with E-state index in [0.29, 0.717) is 0 Å². The maximum Gasteiger partial charge on any atom is 0.325 e. The van der Waals surface area contributed by atoms with Crippen molar-refractivity contribution in [3.63, 3.8) is 0 Å². The van der Waals surface area contributed by atoms with Crippen molar-refractivity contribution in [3.05, 3.63) is 0 Å². The number of likely N-dealkylation sites (N-methyl/N-ethyl adjacent to an activating group) is 1. The topological polar surface area (TPSA) is 46.6 Å². The van der Waals surface area contributed by atoms with Gasteiger partial charge in [-0.3, -0.25) is 9.59 Å². The third-order valence-corrected chi connectivity index (χ3v) is 3.42. The second-order valence-corrected chi connectivity index (χ2v) is 4.81. The van der Waals surface area contributed by atoms with E-state index in [0.717, 1.165) is 25.7 Å². The van der Waals surface area contributed by atoms with Gasteiger partial charge in [-0.05, 0) is 12.8 Å². The standard InChI is InChI=1S/C13H23NO3/c1-14(10-12(15)17-2)13(16)11-8-6-4-3-5-7-9-11/h11H,3-10H2,1-2H3. The molecule has 0 atom stereocenters. The van der Waals surface area contributed by atoms with E-state index in [4.69, 9.17) is 0 Å². The average molecular weight is 241 g/mol. The van der Waals surface area contributed by atoms with Crippen LogP contribution in [0.15, 0.2) is 0 Å². The van der Waals surface area contributed by atoms with E-state index in [-0.39, 0.29) is 24.3 Å². The predicted octanol–water partition coefficient (Wildman–Crippen LogP) is 1.98. The number of rotatable bonds is 3. The van der Waals surface area contributed by atoms with Crippen LogP contribution in [0.2, 0.25) is 0 Å². The summed E-state index contributed by atoms with van der Waals surface area (Å²) in [4.78, 5) is 24.7. The molecule has 0 N–H and O–H groups in total. The van der Waals surface area contributed by atoms with E-state index in [1.807, 2.05) is 0 Å². The fraction of sp³-hybridized carbons (Fsp3) is 0.846. The van der Waals surface area contributed by atoms with E-state index < -0.39 is 0 Å². The zero-order valence-electron chi connectivity index (χ0n) is 10.9. The molecule has 1 rings (SSSR count). The van der Waals surface area contributed by atoms with E-state index in [1.54, 1.807) is 7.05 Å². The molecule has 0 aromatic heterocycles. The number of carbonyl (C=O) groups is 2. The van der Waals surface area contributed by atoms with Gasteiger partial charge >= 0.3 is 5.97 Å². The summed E-state index contributed by atoms with van der Waals surface area (Å²) in [6, 6.07) is 0. The van der Waals surface area contributed by atoms with E-state index >= 15 is 0 Å². The lowest BCUT2D eigenvalue weighted by Gasteiger charge is -2.24. The Labute approximate surface area is 103 Å². The first-order valence-corrected chi connectivity index (χ1v) is 6.47. The van der Waals surface area contributed by atoms with Gasteiger partial charge in [0.1, 0.15) is 6.54 Å². The van der Waals surface area contributed by atoms with Crippen molar-refractivity contribution in [2.24, 2.45) is 5.92 Å². The highest BCUT2D eigenvalue weighted by Crippen LogP contribution is 2.23. The largest absolute Gasteiger partial charge is 0.468 e. The van der Waals surface area contributed by atoms with Crippen molar-refractivity contribution in [2.75, 3.05) is 20.7 Å². The molecular weight excluding hydrogens is 218 g/mol. The van der Waals surface area contributed by atoms with Crippen molar-refractivity contribution in [2.45, 2.75) is 44.9 Å². The number of methoxy groups -OCH3 is 1. The highest BCUT2D eigenvalue weighted by Gasteiger charge is 2.23. The van der Waals surface area contributed by atoms with Crippen LogP contribution >= 0.6 is 0 Å². The minimum atomic E-state index is -0.355. The highest BCUT2D eigenvalue weighted by atomic mass is 16.5. The smallest absolute Gasteiger partial charge is 0.325 e. The van der Waals surface area contributed by atoms with Crippen LogP contribution in [0.4, 0.5) is 0 Å². The van der Waals surface area contributed by atoms with Crippen molar-refractivity contribution >= 4 is 11.9 Å². The van der Waals surface area contributed by atoms with Gasteiger partial charge < -0.3 is 9.64 Å². The molecule has 4 heteroatoms. The summed E-state index contributed by atoms with van der Waals surface area (Å²) >= 11 is 0. The van der Waals surface area contributed by atoms with Gasteiger partial charge in [0, 0.05) is 13.0 Å². The summed E-state index contributed by atoms with van der Waals surface area (Å²) < 4.78 is 4.57. The fourth-order valence-corrected chi connectivity index (χ4v) is 2.35. The van der Waals surface area contributed by atoms with Crippen LogP contribution in [0.3, 0.4) is 0 Å². The Kier molecular flexibility index (Phi) is 6.01. The first-order chi connectivity index (χ1) is 8.15.